The third-order valence-corrected chi connectivity index (χ3v) is 6.85. The van der Waals surface area contributed by atoms with E-state index in [9.17, 15) is 13.2 Å². The summed E-state index contributed by atoms with van der Waals surface area (Å²) < 4.78 is 28.2. The number of hydrogen-bond acceptors (Lipinski definition) is 5. The van der Waals surface area contributed by atoms with E-state index in [0.717, 1.165) is 6.54 Å². The number of aromatic nitrogens is 1. The highest BCUT2D eigenvalue weighted by molar-refractivity contribution is 7.89. The van der Waals surface area contributed by atoms with Crippen LogP contribution >= 0.6 is 11.3 Å². The molecule has 1 aliphatic rings. The second kappa shape index (κ2) is 6.67. The van der Waals surface area contributed by atoms with Crippen LogP contribution in [0.3, 0.4) is 0 Å². The Hall–Kier alpha value is -1.68. The molecule has 0 spiro atoms. The lowest BCUT2D eigenvalue weighted by Crippen LogP contribution is -2.48. The standard InChI is InChI=1S/C15H19N3O4S2/c1-16-11-13(9-14(16)15(19)20)24(21,22)18-6-4-17(5-7-18)10-12-3-2-8-23-12/h2-3,8-9,11H,4-7,10H2,1H3,(H,19,20). The van der Waals surface area contributed by atoms with E-state index in [1.807, 2.05) is 11.4 Å². The molecule has 0 bridgehead atoms. The van der Waals surface area contributed by atoms with E-state index in [2.05, 4.69) is 11.0 Å². The van der Waals surface area contributed by atoms with E-state index >= 15 is 0 Å². The molecule has 1 saturated heterocycles. The number of hydrogen-bond donors (Lipinski definition) is 1. The molecule has 1 N–H and O–H groups in total. The van der Waals surface area contributed by atoms with E-state index < -0.39 is 16.0 Å². The van der Waals surface area contributed by atoms with E-state index in [1.54, 1.807) is 11.3 Å². The number of carboxylic acids is 1. The topological polar surface area (TPSA) is 82.9 Å². The molecule has 0 atom stereocenters. The normalized spacial score (nSPS) is 17.2. The van der Waals surface area contributed by atoms with Gasteiger partial charge in [-0.2, -0.15) is 4.31 Å². The van der Waals surface area contributed by atoms with E-state index in [-0.39, 0.29) is 10.6 Å². The third kappa shape index (κ3) is 3.39. The van der Waals surface area contributed by atoms with Crippen LogP contribution in [0, 0.1) is 0 Å². The van der Waals surface area contributed by atoms with Crippen molar-refractivity contribution in [2.24, 2.45) is 7.05 Å². The summed E-state index contributed by atoms with van der Waals surface area (Å²) in [6.45, 7) is 2.97. The summed E-state index contributed by atoms with van der Waals surface area (Å²) in [5.74, 6) is -1.14. The van der Waals surface area contributed by atoms with Crippen molar-refractivity contribution in [2.75, 3.05) is 26.2 Å². The Kier molecular flexibility index (Phi) is 4.77. The summed E-state index contributed by atoms with van der Waals surface area (Å²) in [4.78, 5) is 14.6. The number of aryl methyl sites for hydroxylation is 1. The van der Waals surface area contributed by atoms with Gasteiger partial charge >= 0.3 is 5.97 Å². The molecule has 7 nitrogen and oxygen atoms in total. The molecular weight excluding hydrogens is 350 g/mol. The average molecular weight is 369 g/mol. The van der Waals surface area contributed by atoms with E-state index in [4.69, 9.17) is 5.11 Å². The van der Waals surface area contributed by atoms with Crippen molar-refractivity contribution in [3.05, 3.63) is 40.3 Å². The maximum atomic E-state index is 12.7. The van der Waals surface area contributed by atoms with Crippen LogP contribution in [0.1, 0.15) is 15.4 Å². The van der Waals surface area contributed by atoms with Gasteiger partial charge in [-0.25, -0.2) is 13.2 Å². The number of nitrogens with zero attached hydrogens (tertiary/aromatic N) is 3. The molecule has 0 radical (unpaired) electrons. The first-order valence-electron chi connectivity index (χ1n) is 7.52. The molecule has 3 heterocycles. The van der Waals surface area contributed by atoms with Crippen LogP contribution in [0.5, 0.6) is 0 Å². The van der Waals surface area contributed by atoms with Crippen LogP contribution in [0.25, 0.3) is 0 Å². The number of aromatic carboxylic acids is 1. The van der Waals surface area contributed by atoms with E-state index in [1.165, 1.54) is 33.1 Å². The number of thiophene rings is 1. The highest BCUT2D eigenvalue weighted by Crippen LogP contribution is 2.21. The lowest BCUT2D eigenvalue weighted by atomic mass is 10.3. The van der Waals surface area contributed by atoms with Crippen LogP contribution in [-0.2, 0) is 23.6 Å². The maximum absolute atomic E-state index is 12.7. The van der Waals surface area contributed by atoms with Crippen LogP contribution in [0.15, 0.2) is 34.7 Å². The van der Waals surface area contributed by atoms with Gasteiger partial charge in [0, 0.05) is 50.8 Å². The minimum atomic E-state index is -3.66. The molecule has 24 heavy (non-hydrogen) atoms. The summed E-state index contributed by atoms with van der Waals surface area (Å²) in [6.07, 6.45) is 1.36. The fourth-order valence-corrected chi connectivity index (χ4v) is 5.03. The van der Waals surface area contributed by atoms with Crippen molar-refractivity contribution in [1.29, 1.82) is 0 Å². The Bertz CT molecular complexity index is 819. The second-order valence-corrected chi connectivity index (χ2v) is 8.71. The van der Waals surface area contributed by atoms with Gasteiger partial charge in [0.05, 0.1) is 0 Å². The van der Waals surface area contributed by atoms with Gasteiger partial charge in [-0.05, 0) is 17.5 Å². The first-order valence-corrected chi connectivity index (χ1v) is 9.84. The Morgan fingerprint density at radius 3 is 2.54 bits per heavy atom. The van der Waals surface area contributed by atoms with Crippen molar-refractivity contribution in [3.63, 3.8) is 0 Å². The number of carbonyl (C=O) groups is 1. The summed E-state index contributed by atoms with van der Waals surface area (Å²) in [7, 11) is -2.13. The fourth-order valence-electron chi connectivity index (χ4n) is 2.79. The molecule has 2 aromatic rings. The van der Waals surface area contributed by atoms with Crippen molar-refractivity contribution in [3.8, 4) is 0 Å². The molecule has 0 amide bonds. The number of carboxylic acid groups (broad SMARTS) is 1. The molecular formula is C15H19N3O4S2. The lowest BCUT2D eigenvalue weighted by molar-refractivity contribution is 0.0686. The zero-order chi connectivity index (χ0) is 17.3. The Balaban J connectivity index is 1.68. The van der Waals surface area contributed by atoms with Gasteiger partial charge in [0.25, 0.3) is 0 Å². The Morgan fingerprint density at radius 2 is 2.00 bits per heavy atom. The van der Waals surface area contributed by atoms with Gasteiger partial charge < -0.3 is 9.67 Å². The van der Waals surface area contributed by atoms with Crippen molar-refractivity contribution >= 4 is 27.3 Å². The molecule has 0 aliphatic carbocycles. The molecule has 130 valence electrons. The van der Waals surface area contributed by atoms with Crippen LogP contribution in [0.2, 0.25) is 0 Å². The van der Waals surface area contributed by atoms with Crippen LogP contribution in [-0.4, -0.2) is 59.4 Å². The first-order chi connectivity index (χ1) is 11.4. The lowest BCUT2D eigenvalue weighted by Gasteiger charge is -2.33. The predicted molar refractivity (Wildman–Crippen MR) is 90.7 cm³/mol. The highest BCUT2D eigenvalue weighted by Gasteiger charge is 2.30. The van der Waals surface area contributed by atoms with Gasteiger partial charge in [-0.1, -0.05) is 6.07 Å². The highest BCUT2D eigenvalue weighted by atomic mass is 32.2. The zero-order valence-corrected chi connectivity index (χ0v) is 14.9. The first kappa shape index (κ1) is 17.2. The Morgan fingerprint density at radius 1 is 1.29 bits per heavy atom. The minimum Gasteiger partial charge on any atom is -0.477 e. The summed E-state index contributed by atoms with van der Waals surface area (Å²) in [6, 6.07) is 5.30. The summed E-state index contributed by atoms with van der Waals surface area (Å²) in [5.41, 5.74) is -0.0371. The molecule has 0 saturated carbocycles. The summed E-state index contributed by atoms with van der Waals surface area (Å²) >= 11 is 1.69. The quantitative estimate of drug-likeness (QED) is 0.859. The molecule has 3 rings (SSSR count). The molecule has 1 aliphatic heterocycles. The van der Waals surface area contributed by atoms with Gasteiger partial charge in [0.15, 0.2) is 0 Å². The third-order valence-electron chi connectivity index (χ3n) is 4.13. The van der Waals surface area contributed by atoms with E-state index in [0.29, 0.717) is 26.2 Å². The predicted octanol–water partition coefficient (Wildman–Crippen LogP) is 1.29. The summed E-state index contributed by atoms with van der Waals surface area (Å²) in [5, 5.41) is 11.1. The number of rotatable bonds is 5. The fraction of sp³-hybridized carbons (Fsp3) is 0.400. The van der Waals surface area contributed by atoms with Gasteiger partial charge in [0.1, 0.15) is 10.6 Å². The molecule has 9 heteroatoms. The number of sulfonamides is 1. The molecule has 0 aromatic carbocycles. The smallest absolute Gasteiger partial charge is 0.352 e. The second-order valence-electron chi connectivity index (χ2n) is 5.74. The zero-order valence-electron chi connectivity index (χ0n) is 13.3. The van der Waals surface area contributed by atoms with Crippen molar-refractivity contribution in [1.82, 2.24) is 13.8 Å². The number of piperazine rings is 1. The molecule has 1 fully saturated rings. The van der Waals surface area contributed by atoms with Crippen molar-refractivity contribution in [2.45, 2.75) is 11.4 Å². The minimum absolute atomic E-state index is 0.0362. The van der Waals surface area contributed by atoms with Crippen LogP contribution in [0.4, 0.5) is 0 Å². The van der Waals surface area contributed by atoms with Gasteiger partial charge in [-0.15, -0.1) is 11.3 Å². The monoisotopic (exact) mass is 369 g/mol. The van der Waals surface area contributed by atoms with Crippen LogP contribution < -0.4 is 0 Å². The average Bonchev–Trinajstić information content (AvgIpc) is 3.17. The molecule has 0 unspecified atom stereocenters. The van der Waals surface area contributed by atoms with Crippen molar-refractivity contribution < 1.29 is 18.3 Å². The molecule has 2 aromatic heterocycles. The largest absolute Gasteiger partial charge is 0.477 e. The Labute approximate surface area is 144 Å². The van der Waals surface area contributed by atoms with Gasteiger partial charge in [0.2, 0.25) is 10.0 Å². The maximum Gasteiger partial charge on any atom is 0.352 e. The SMILES string of the molecule is Cn1cc(S(=O)(=O)N2CCN(Cc3cccs3)CC2)cc1C(=O)O. The van der Waals surface area contributed by atoms with Gasteiger partial charge in [-0.3, -0.25) is 4.90 Å².